The van der Waals surface area contributed by atoms with E-state index in [9.17, 15) is 14.4 Å². The lowest BCUT2D eigenvalue weighted by atomic mass is 9.92. The van der Waals surface area contributed by atoms with Gasteiger partial charge in [-0.15, -0.1) is 0 Å². The molecule has 30 heavy (non-hydrogen) atoms. The number of fused-ring (bicyclic) bond motifs is 2. The molecule has 8 nitrogen and oxygen atoms in total. The van der Waals surface area contributed by atoms with Gasteiger partial charge in [0.15, 0.2) is 0 Å². The smallest absolute Gasteiger partial charge is 0.280 e. The molecule has 3 aliphatic rings. The van der Waals surface area contributed by atoms with E-state index >= 15 is 0 Å². The molecule has 1 saturated carbocycles. The summed E-state index contributed by atoms with van der Waals surface area (Å²) in [5, 5.41) is 4.69. The van der Waals surface area contributed by atoms with Crippen LogP contribution in [0.3, 0.4) is 0 Å². The summed E-state index contributed by atoms with van der Waals surface area (Å²) in [4.78, 5) is 42.6. The summed E-state index contributed by atoms with van der Waals surface area (Å²) in [5.74, 6) is 0.0485. The Morgan fingerprint density at radius 1 is 1.23 bits per heavy atom. The topological polar surface area (TPSA) is 79.9 Å². The lowest BCUT2D eigenvalue weighted by molar-refractivity contribution is -0.117. The van der Waals surface area contributed by atoms with E-state index < -0.39 is 0 Å². The van der Waals surface area contributed by atoms with Crippen LogP contribution >= 0.6 is 0 Å². The van der Waals surface area contributed by atoms with Crippen LogP contribution < -0.4 is 5.56 Å². The fourth-order valence-corrected chi connectivity index (χ4v) is 5.11. The normalized spacial score (nSPS) is 22.3. The molecular weight excluding hydrogens is 382 g/mol. The minimum absolute atomic E-state index is 0.0195. The molecule has 0 aromatic carbocycles. The molecule has 1 aliphatic carbocycles. The Morgan fingerprint density at radius 2 is 2.00 bits per heavy atom. The fourth-order valence-electron chi connectivity index (χ4n) is 5.11. The molecule has 8 heteroatoms. The zero-order valence-electron chi connectivity index (χ0n) is 17.9. The summed E-state index contributed by atoms with van der Waals surface area (Å²) in [6, 6.07) is 2.60. The number of carbonyl (C=O) groups is 2. The summed E-state index contributed by atoms with van der Waals surface area (Å²) in [6.07, 6.45) is 4.91. The first kappa shape index (κ1) is 19.5. The van der Waals surface area contributed by atoms with Gasteiger partial charge in [-0.2, -0.15) is 9.61 Å². The van der Waals surface area contributed by atoms with Crippen molar-refractivity contribution in [3.63, 3.8) is 0 Å². The van der Waals surface area contributed by atoms with Crippen molar-refractivity contribution in [3.8, 4) is 0 Å². The maximum atomic E-state index is 13.2. The van der Waals surface area contributed by atoms with Crippen molar-refractivity contribution in [2.45, 2.75) is 77.5 Å². The van der Waals surface area contributed by atoms with Gasteiger partial charge < -0.3 is 9.47 Å². The molecular formula is C22H29N5O3. The average molecular weight is 412 g/mol. The predicted molar refractivity (Wildman–Crippen MR) is 112 cm³/mol. The first-order valence-corrected chi connectivity index (χ1v) is 11.0. The van der Waals surface area contributed by atoms with Crippen molar-refractivity contribution in [2.75, 3.05) is 13.1 Å². The first-order chi connectivity index (χ1) is 14.3. The molecule has 2 fully saturated rings. The molecule has 2 aliphatic heterocycles. The maximum Gasteiger partial charge on any atom is 0.280 e. The number of hydrogen-bond acceptors (Lipinski definition) is 5. The quantitative estimate of drug-likeness (QED) is 0.749. The molecule has 0 bridgehead atoms. The van der Waals surface area contributed by atoms with Crippen LogP contribution in [-0.2, 0) is 17.9 Å². The SMILES string of the molecule is CC(=O)Cn1c2c(c(=O)n3nc(C4CCN(C5CCC5)C4)cc13)CN(C(C)C)C2=O. The van der Waals surface area contributed by atoms with E-state index in [1.54, 1.807) is 9.47 Å². The first-order valence-electron chi connectivity index (χ1n) is 11.0. The van der Waals surface area contributed by atoms with Crippen LogP contribution in [0.1, 0.15) is 74.1 Å². The van der Waals surface area contributed by atoms with Crippen molar-refractivity contribution in [1.29, 1.82) is 0 Å². The summed E-state index contributed by atoms with van der Waals surface area (Å²) in [7, 11) is 0. The van der Waals surface area contributed by atoms with E-state index in [4.69, 9.17) is 0 Å². The van der Waals surface area contributed by atoms with Gasteiger partial charge >= 0.3 is 0 Å². The Bertz CT molecular complexity index is 1090. The zero-order chi connectivity index (χ0) is 21.2. The van der Waals surface area contributed by atoms with Crippen LogP contribution in [0, 0.1) is 0 Å². The van der Waals surface area contributed by atoms with Gasteiger partial charge in [-0.3, -0.25) is 19.3 Å². The van der Waals surface area contributed by atoms with Gasteiger partial charge in [0.25, 0.3) is 11.5 Å². The lowest BCUT2D eigenvalue weighted by Crippen LogP contribution is -2.38. The van der Waals surface area contributed by atoms with Crippen LogP contribution in [-0.4, -0.2) is 60.8 Å². The third-order valence-corrected chi connectivity index (χ3v) is 7.02. The highest BCUT2D eigenvalue weighted by Gasteiger charge is 2.37. The zero-order valence-corrected chi connectivity index (χ0v) is 17.9. The summed E-state index contributed by atoms with van der Waals surface area (Å²) in [5.41, 5.74) is 1.99. The third-order valence-electron chi connectivity index (χ3n) is 7.02. The summed E-state index contributed by atoms with van der Waals surface area (Å²) < 4.78 is 3.12. The van der Waals surface area contributed by atoms with Crippen LogP contribution in [0.2, 0.25) is 0 Å². The number of aromatic nitrogens is 3. The molecule has 1 unspecified atom stereocenters. The van der Waals surface area contributed by atoms with Crippen molar-refractivity contribution in [2.24, 2.45) is 0 Å². The van der Waals surface area contributed by atoms with Crippen molar-refractivity contribution >= 4 is 17.3 Å². The van der Waals surface area contributed by atoms with E-state index in [0.29, 0.717) is 22.9 Å². The predicted octanol–water partition coefficient (Wildman–Crippen LogP) is 1.79. The van der Waals surface area contributed by atoms with Gasteiger partial charge in [0.05, 0.1) is 24.3 Å². The molecule has 1 saturated heterocycles. The monoisotopic (exact) mass is 411 g/mol. The Morgan fingerprint density at radius 3 is 2.63 bits per heavy atom. The number of nitrogens with zero attached hydrogens (tertiary/aromatic N) is 5. The highest BCUT2D eigenvalue weighted by Crippen LogP contribution is 2.34. The summed E-state index contributed by atoms with van der Waals surface area (Å²) >= 11 is 0. The molecule has 1 atom stereocenters. The second kappa shape index (κ2) is 7.04. The number of hydrogen-bond donors (Lipinski definition) is 0. The highest BCUT2D eigenvalue weighted by molar-refractivity contribution is 5.98. The third kappa shape index (κ3) is 2.92. The summed E-state index contributed by atoms with van der Waals surface area (Å²) in [6.45, 7) is 7.74. The minimum Gasteiger partial charge on any atom is -0.330 e. The molecule has 5 rings (SSSR count). The standard InChI is InChI=1S/C22H29N5O3/c1-13(2)25-12-17-20(22(25)30)26(10-14(3)28)19-9-18(23-27(19)21(17)29)15-7-8-24(11-15)16-5-4-6-16/h9,13,15-16H,4-8,10-12H2,1-3H3. The molecule has 1 amide bonds. The largest absolute Gasteiger partial charge is 0.330 e. The van der Waals surface area contributed by atoms with E-state index in [1.807, 2.05) is 19.9 Å². The Hall–Kier alpha value is -2.48. The molecule has 2 aromatic rings. The van der Waals surface area contributed by atoms with E-state index in [-0.39, 0.29) is 42.3 Å². The fraction of sp³-hybridized carbons (Fsp3) is 0.636. The van der Waals surface area contributed by atoms with Crippen molar-refractivity contribution in [3.05, 3.63) is 33.4 Å². The number of amides is 1. The van der Waals surface area contributed by atoms with Crippen LogP contribution in [0.25, 0.3) is 5.65 Å². The van der Waals surface area contributed by atoms with Crippen LogP contribution in [0.15, 0.2) is 10.9 Å². The maximum absolute atomic E-state index is 13.2. The second-order valence-electron chi connectivity index (χ2n) is 9.35. The Kier molecular flexibility index (Phi) is 4.57. The minimum atomic E-state index is -0.239. The van der Waals surface area contributed by atoms with Crippen LogP contribution in [0.5, 0.6) is 0 Å². The molecule has 160 valence electrons. The average Bonchev–Trinajstić information content (AvgIpc) is 3.34. The van der Waals surface area contributed by atoms with Crippen LogP contribution in [0.4, 0.5) is 0 Å². The van der Waals surface area contributed by atoms with Crippen molar-refractivity contribution in [1.82, 2.24) is 24.0 Å². The number of rotatable bonds is 5. The van der Waals surface area contributed by atoms with Gasteiger partial charge in [0, 0.05) is 30.6 Å². The molecule has 0 radical (unpaired) electrons. The molecule has 4 heterocycles. The lowest BCUT2D eigenvalue weighted by Gasteiger charge is -2.34. The molecule has 2 aromatic heterocycles. The molecule has 0 spiro atoms. The van der Waals surface area contributed by atoms with Gasteiger partial charge in [-0.1, -0.05) is 6.42 Å². The van der Waals surface area contributed by atoms with Gasteiger partial charge in [-0.25, -0.2) is 0 Å². The molecule has 0 N–H and O–H groups in total. The van der Waals surface area contributed by atoms with Crippen molar-refractivity contribution < 1.29 is 9.59 Å². The van der Waals surface area contributed by atoms with E-state index in [0.717, 1.165) is 25.2 Å². The van der Waals surface area contributed by atoms with E-state index in [1.165, 1.54) is 30.7 Å². The van der Waals surface area contributed by atoms with Gasteiger partial charge in [-0.05, 0) is 46.6 Å². The number of likely N-dealkylation sites (tertiary alicyclic amines) is 1. The number of carbonyl (C=O) groups excluding carboxylic acids is 2. The number of ketones is 1. The van der Waals surface area contributed by atoms with Gasteiger partial charge in [0.2, 0.25) is 0 Å². The Labute approximate surface area is 175 Å². The van der Waals surface area contributed by atoms with E-state index in [2.05, 4.69) is 10.00 Å². The van der Waals surface area contributed by atoms with Gasteiger partial charge in [0.1, 0.15) is 17.1 Å². The number of Topliss-reactive ketones (excluding diaryl/α,β-unsaturated/α-hetero) is 1. The second-order valence-corrected chi connectivity index (χ2v) is 9.35. The highest BCUT2D eigenvalue weighted by atomic mass is 16.2. The Balaban J connectivity index is 1.59.